The standard InChI is InChI=1S/C14H17N3O2/c1-4-9(2)10-5-7-11(8-6-10)13-15-12(14(18)19)16-17(13)3/h5-9H,4H2,1-3H3,(H,18,19)/t9-/m0/s1. The van der Waals surface area contributed by atoms with Crippen molar-refractivity contribution in [3.8, 4) is 11.4 Å². The lowest BCUT2D eigenvalue weighted by Gasteiger charge is -2.09. The molecule has 0 amide bonds. The van der Waals surface area contributed by atoms with Gasteiger partial charge in [0.15, 0.2) is 5.82 Å². The summed E-state index contributed by atoms with van der Waals surface area (Å²) in [4.78, 5) is 14.9. The minimum atomic E-state index is -1.11. The Morgan fingerprint density at radius 3 is 2.47 bits per heavy atom. The summed E-state index contributed by atoms with van der Waals surface area (Å²) in [6.07, 6.45) is 1.09. The van der Waals surface area contributed by atoms with E-state index in [1.807, 2.05) is 12.1 Å². The minimum Gasteiger partial charge on any atom is -0.475 e. The zero-order chi connectivity index (χ0) is 14.0. The molecule has 2 aromatic rings. The number of carboxylic acids is 1. The summed E-state index contributed by atoms with van der Waals surface area (Å²) in [6, 6.07) is 8.02. The summed E-state index contributed by atoms with van der Waals surface area (Å²) in [5.74, 6) is -0.210. The van der Waals surface area contributed by atoms with Gasteiger partial charge in [0.1, 0.15) is 0 Å². The fourth-order valence-corrected chi connectivity index (χ4v) is 1.92. The van der Waals surface area contributed by atoms with E-state index >= 15 is 0 Å². The molecule has 1 atom stereocenters. The molecule has 1 aromatic carbocycles. The highest BCUT2D eigenvalue weighted by atomic mass is 16.4. The van der Waals surface area contributed by atoms with Crippen molar-refractivity contribution in [1.29, 1.82) is 0 Å². The SMILES string of the molecule is CC[C@H](C)c1ccc(-c2nc(C(=O)O)nn2C)cc1. The molecule has 100 valence electrons. The number of aromatic nitrogens is 3. The fraction of sp³-hybridized carbons (Fsp3) is 0.357. The number of hydrogen-bond acceptors (Lipinski definition) is 3. The van der Waals surface area contributed by atoms with E-state index in [9.17, 15) is 4.79 Å². The average Bonchev–Trinajstić information content (AvgIpc) is 2.80. The van der Waals surface area contributed by atoms with E-state index in [4.69, 9.17) is 5.11 Å². The van der Waals surface area contributed by atoms with Gasteiger partial charge in [-0.2, -0.15) is 0 Å². The molecule has 0 aliphatic rings. The molecule has 0 spiro atoms. The Morgan fingerprint density at radius 2 is 2.00 bits per heavy atom. The summed E-state index contributed by atoms with van der Waals surface area (Å²) in [5.41, 5.74) is 2.14. The van der Waals surface area contributed by atoms with Gasteiger partial charge in [-0.1, -0.05) is 38.1 Å². The van der Waals surface area contributed by atoms with Crippen LogP contribution in [0.2, 0.25) is 0 Å². The number of benzene rings is 1. The first-order valence-electron chi connectivity index (χ1n) is 6.27. The van der Waals surface area contributed by atoms with Crippen molar-refractivity contribution in [2.75, 3.05) is 0 Å². The number of hydrogen-bond donors (Lipinski definition) is 1. The molecule has 0 aliphatic carbocycles. The van der Waals surface area contributed by atoms with E-state index in [-0.39, 0.29) is 5.82 Å². The van der Waals surface area contributed by atoms with Gasteiger partial charge in [-0.3, -0.25) is 0 Å². The van der Waals surface area contributed by atoms with Crippen molar-refractivity contribution in [3.05, 3.63) is 35.7 Å². The molecule has 0 bridgehead atoms. The van der Waals surface area contributed by atoms with Gasteiger partial charge in [0.25, 0.3) is 5.82 Å². The lowest BCUT2D eigenvalue weighted by molar-refractivity contribution is 0.0683. The molecule has 0 aliphatic heterocycles. The van der Waals surface area contributed by atoms with Crippen molar-refractivity contribution in [2.45, 2.75) is 26.2 Å². The van der Waals surface area contributed by atoms with Crippen LogP contribution in [0.3, 0.4) is 0 Å². The van der Waals surface area contributed by atoms with Crippen molar-refractivity contribution >= 4 is 5.97 Å². The first-order chi connectivity index (χ1) is 9.02. The first kappa shape index (κ1) is 13.3. The summed E-state index contributed by atoms with van der Waals surface area (Å²) in [7, 11) is 1.69. The Labute approximate surface area is 111 Å². The second kappa shape index (κ2) is 5.22. The van der Waals surface area contributed by atoms with Crippen LogP contribution in [-0.4, -0.2) is 25.8 Å². The predicted molar refractivity (Wildman–Crippen MR) is 72.1 cm³/mol. The number of carbonyl (C=O) groups is 1. The third-order valence-electron chi connectivity index (χ3n) is 3.30. The molecule has 19 heavy (non-hydrogen) atoms. The van der Waals surface area contributed by atoms with Crippen LogP contribution in [0.15, 0.2) is 24.3 Å². The summed E-state index contributed by atoms with van der Waals surface area (Å²) >= 11 is 0. The van der Waals surface area contributed by atoms with E-state index < -0.39 is 5.97 Å². The van der Waals surface area contributed by atoms with E-state index in [1.54, 1.807) is 7.05 Å². The molecule has 2 rings (SSSR count). The second-order valence-electron chi connectivity index (χ2n) is 4.62. The Hall–Kier alpha value is -2.17. The lowest BCUT2D eigenvalue weighted by atomic mass is 9.97. The number of aromatic carboxylic acids is 1. The summed E-state index contributed by atoms with van der Waals surface area (Å²) < 4.78 is 1.49. The molecule has 0 saturated heterocycles. The highest BCUT2D eigenvalue weighted by Crippen LogP contribution is 2.23. The van der Waals surface area contributed by atoms with E-state index in [0.717, 1.165) is 12.0 Å². The Morgan fingerprint density at radius 1 is 1.37 bits per heavy atom. The summed E-state index contributed by atoms with van der Waals surface area (Å²) in [6.45, 7) is 4.33. The third kappa shape index (κ3) is 2.65. The highest BCUT2D eigenvalue weighted by molar-refractivity contribution is 5.83. The van der Waals surface area contributed by atoms with Crippen molar-refractivity contribution < 1.29 is 9.90 Å². The molecule has 0 saturated carbocycles. The molecule has 0 radical (unpaired) electrons. The van der Waals surface area contributed by atoms with Crippen LogP contribution < -0.4 is 0 Å². The molecule has 5 nitrogen and oxygen atoms in total. The van der Waals surface area contributed by atoms with Gasteiger partial charge < -0.3 is 5.11 Å². The van der Waals surface area contributed by atoms with Gasteiger partial charge in [0.05, 0.1) is 0 Å². The van der Waals surface area contributed by atoms with E-state index in [0.29, 0.717) is 11.7 Å². The van der Waals surface area contributed by atoms with Gasteiger partial charge in [-0.25, -0.2) is 14.5 Å². The predicted octanol–water partition coefficient (Wildman–Crippen LogP) is 2.69. The van der Waals surface area contributed by atoms with Gasteiger partial charge in [-0.15, -0.1) is 5.10 Å². The van der Waals surface area contributed by atoms with Gasteiger partial charge in [-0.05, 0) is 17.9 Å². The number of rotatable bonds is 4. The maximum Gasteiger partial charge on any atom is 0.375 e. The van der Waals surface area contributed by atoms with Crippen LogP contribution in [0, 0.1) is 0 Å². The topological polar surface area (TPSA) is 68.0 Å². The van der Waals surface area contributed by atoms with Crippen LogP contribution in [0.4, 0.5) is 0 Å². The summed E-state index contributed by atoms with van der Waals surface area (Å²) in [5, 5.41) is 12.7. The normalized spacial score (nSPS) is 12.4. The zero-order valence-corrected chi connectivity index (χ0v) is 11.3. The number of nitrogens with zero attached hydrogens (tertiary/aromatic N) is 3. The van der Waals surface area contributed by atoms with E-state index in [1.165, 1.54) is 10.2 Å². The smallest absolute Gasteiger partial charge is 0.375 e. The molecule has 1 N–H and O–H groups in total. The molecule has 0 unspecified atom stereocenters. The monoisotopic (exact) mass is 259 g/mol. The lowest BCUT2D eigenvalue weighted by Crippen LogP contribution is -2.00. The Balaban J connectivity index is 2.34. The number of carboxylic acid groups (broad SMARTS) is 1. The van der Waals surface area contributed by atoms with Crippen LogP contribution in [0.5, 0.6) is 0 Å². The van der Waals surface area contributed by atoms with E-state index in [2.05, 4.69) is 36.1 Å². The maximum absolute atomic E-state index is 10.8. The second-order valence-corrected chi connectivity index (χ2v) is 4.62. The largest absolute Gasteiger partial charge is 0.475 e. The molecule has 1 heterocycles. The number of aryl methyl sites for hydroxylation is 1. The molecule has 1 aromatic heterocycles. The first-order valence-corrected chi connectivity index (χ1v) is 6.27. The van der Waals surface area contributed by atoms with Crippen molar-refractivity contribution in [2.24, 2.45) is 7.05 Å². The molecular weight excluding hydrogens is 242 g/mol. The molecule has 0 fully saturated rings. The van der Waals surface area contributed by atoms with Gasteiger partial charge in [0, 0.05) is 12.6 Å². The Kier molecular flexibility index (Phi) is 3.64. The van der Waals surface area contributed by atoms with Crippen molar-refractivity contribution in [3.63, 3.8) is 0 Å². The van der Waals surface area contributed by atoms with Gasteiger partial charge >= 0.3 is 5.97 Å². The zero-order valence-electron chi connectivity index (χ0n) is 11.3. The molecule has 5 heteroatoms. The van der Waals surface area contributed by atoms with Crippen LogP contribution in [0.25, 0.3) is 11.4 Å². The van der Waals surface area contributed by atoms with Gasteiger partial charge in [0.2, 0.25) is 0 Å². The molecular formula is C14H17N3O2. The highest BCUT2D eigenvalue weighted by Gasteiger charge is 2.14. The van der Waals surface area contributed by atoms with Crippen molar-refractivity contribution in [1.82, 2.24) is 14.8 Å². The third-order valence-corrected chi connectivity index (χ3v) is 3.30. The quantitative estimate of drug-likeness (QED) is 0.916. The van der Waals surface area contributed by atoms with Crippen LogP contribution >= 0.6 is 0 Å². The average molecular weight is 259 g/mol. The Bertz CT molecular complexity index is 587. The maximum atomic E-state index is 10.8. The minimum absolute atomic E-state index is 0.177. The van der Waals surface area contributed by atoms with Crippen LogP contribution in [0.1, 0.15) is 42.4 Å². The fourth-order valence-electron chi connectivity index (χ4n) is 1.92. The van der Waals surface area contributed by atoms with Crippen LogP contribution in [-0.2, 0) is 7.05 Å².